The van der Waals surface area contributed by atoms with Gasteiger partial charge in [-0.25, -0.2) is 4.79 Å². The molecule has 37 heavy (non-hydrogen) atoms. The summed E-state index contributed by atoms with van der Waals surface area (Å²) in [6.45, 7) is 1.07. The minimum atomic E-state index is -1.83. The van der Waals surface area contributed by atoms with Gasteiger partial charge in [-0.3, -0.25) is 9.59 Å². The Hall–Kier alpha value is -4.31. The van der Waals surface area contributed by atoms with Gasteiger partial charge >= 0.3 is 5.97 Å². The zero-order valence-electron chi connectivity index (χ0n) is 20.1. The Morgan fingerprint density at radius 1 is 1.00 bits per heavy atom. The first-order valence-corrected chi connectivity index (χ1v) is 12.3. The molecule has 1 saturated heterocycles. The van der Waals surface area contributed by atoms with E-state index in [1.807, 2.05) is 12.1 Å². The van der Waals surface area contributed by atoms with Gasteiger partial charge < -0.3 is 14.7 Å². The standard InChI is InChI=1S/C28H23N3O5S/c1-28(27(34)35)24(19-9-5-17(14-29)6-10-19)23(26(33)21-4-3-13-37-21)25(31(28)22(32)16-36-2)20-11-7-18(15-30)8-12-20/h3-13,23-25H,16H2,1-2H3,(H,34,35). The molecule has 1 aromatic heterocycles. The molecule has 0 spiro atoms. The molecule has 9 heteroatoms. The van der Waals surface area contributed by atoms with E-state index in [2.05, 4.69) is 0 Å². The summed E-state index contributed by atoms with van der Waals surface area (Å²) in [5, 5.41) is 30.9. The number of hydrogen-bond donors (Lipinski definition) is 1. The number of carbonyl (C=O) groups excluding carboxylic acids is 2. The Morgan fingerprint density at radius 2 is 1.57 bits per heavy atom. The average molecular weight is 514 g/mol. The van der Waals surface area contributed by atoms with Gasteiger partial charge in [-0.05, 0) is 53.8 Å². The van der Waals surface area contributed by atoms with Crippen molar-refractivity contribution in [1.29, 1.82) is 10.5 Å². The largest absolute Gasteiger partial charge is 0.479 e. The summed E-state index contributed by atoms with van der Waals surface area (Å²) < 4.78 is 5.10. The van der Waals surface area contributed by atoms with Crippen molar-refractivity contribution in [1.82, 2.24) is 4.90 Å². The molecule has 1 aliphatic heterocycles. The van der Waals surface area contributed by atoms with Crippen LogP contribution < -0.4 is 0 Å². The second kappa shape index (κ2) is 10.4. The van der Waals surface area contributed by atoms with Crippen molar-refractivity contribution in [3.05, 3.63) is 93.2 Å². The number of thiophene rings is 1. The van der Waals surface area contributed by atoms with Crippen LogP contribution in [-0.4, -0.2) is 46.9 Å². The molecular weight excluding hydrogens is 490 g/mol. The van der Waals surface area contributed by atoms with E-state index >= 15 is 0 Å². The number of amides is 1. The second-order valence-electron chi connectivity index (χ2n) is 8.91. The number of likely N-dealkylation sites (tertiary alicyclic amines) is 1. The van der Waals surface area contributed by atoms with Crippen LogP contribution in [0.5, 0.6) is 0 Å². The van der Waals surface area contributed by atoms with Crippen LogP contribution in [0.4, 0.5) is 0 Å². The van der Waals surface area contributed by atoms with Gasteiger partial charge in [0.25, 0.3) is 0 Å². The molecule has 4 rings (SSSR count). The summed E-state index contributed by atoms with van der Waals surface area (Å²) in [5.41, 5.74) is -0.00905. The lowest BCUT2D eigenvalue weighted by atomic mass is 9.72. The lowest BCUT2D eigenvalue weighted by Crippen LogP contribution is -2.55. The van der Waals surface area contributed by atoms with Gasteiger partial charge in [0.1, 0.15) is 12.1 Å². The van der Waals surface area contributed by atoms with Gasteiger partial charge in [0.15, 0.2) is 5.78 Å². The normalized spacial score (nSPS) is 22.7. The third-order valence-corrected chi connectivity index (χ3v) is 7.78. The van der Waals surface area contributed by atoms with Crippen molar-refractivity contribution in [3.8, 4) is 12.1 Å². The Morgan fingerprint density at radius 3 is 2.03 bits per heavy atom. The van der Waals surface area contributed by atoms with Crippen LogP contribution in [-0.2, 0) is 14.3 Å². The number of benzene rings is 2. The van der Waals surface area contributed by atoms with E-state index in [-0.39, 0.29) is 12.4 Å². The van der Waals surface area contributed by atoms with Gasteiger partial charge in [-0.2, -0.15) is 10.5 Å². The first-order chi connectivity index (χ1) is 17.8. The van der Waals surface area contributed by atoms with Gasteiger partial charge in [0.2, 0.25) is 5.91 Å². The molecule has 2 aromatic carbocycles. The predicted molar refractivity (Wildman–Crippen MR) is 135 cm³/mol. The molecule has 0 saturated carbocycles. The molecule has 3 aromatic rings. The fourth-order valence-electron chi connectivity index (χ4n) is 5.26. The molecule has 1 N–H and O–H groups in total. The molecule has 1 fully saturated rings. The SMILES string of the molecule is COCC(=O)N1C(c2ccc(C#N)cc2)C(C(=O)c2cccs2)C(c2ccc(C#N)cc2)C1(C)C(=O)O. The lowest BCUT2D eigenvalue weighted by molar-refractivity contribution is -0.159. The zero-order valence-corrected chi connectivity index (χ0v) is 20.9. The fourth-order valence-corrected chi connectivity index (χ4v) is 5.97. The number of rotatable bonds is 7. The highest BCUT2D eigenvalue weighted by Crippen LogP contribution is 2.56. The lowest BCUT2D eigenvalue weighted by Gasteiger charge is -2.37. The molecule has 0 aliphatic carbocycles. The van der Waals surface area contributed by atoms with Gasteiger partial charge in [0, 0.05) is 13.0 Å². The third kappa shape index (κ3) is 4.40. The minimum Gasteiger partial charge on any atom is -0.479 e. The first kappa shape index (κ1) is 25.8. The number of hydrogen-bond acceptors (Lipinski definition) is 7. The molecule has 4 unspecified atom stereocenters. The number of ether oxygens (including phenoxy) is 1. The van der Waals surface area contributed by atoms with E-state index in [0.717, 1.165) is 0 Å². The topological polar surface area (TPSA) is 131 Å². The maximum atomic E-state index is 14.1. The number of carbonyl (C=O) groups is 3. The van der Waals surface area contributed by atoms with E-state index in [0.29, 0.717) is 27.1 Å². The van der Waals surface area contributed by atoms with Crippen LogP contribution >= 0.6 is 11.3 Å². The van der Waals surface area contributed by atoms with Crippen LogP contribution in [0.2, 0.25) is 0 Å². The predicted octanol–water partition coefficient (Wildman–Crippen LogP) is 4.15. The quantitative estimate of drug-likeness (QED) is 0.470. The number of nitriles is 2. The molecule has 2 heterocycles. The fraction of sp³-hybridized carbons (Fsp3) is 0.250. The molecule has 186 valence electrons. The maximum Gasteiger partial charge on any atom is 0.330 e. The monoisotopic (exact) mass is 513 g/mol. The molecule has 1 amide bonds. The number of Topliss-reactive ketones (excluding diaryl/α,β-unsaturated/α-hetero) is 1. The van der Waals surface area contributed by atoms with Crippen molar-refractivity contribution in [2.24, 2.45) is 5.92 Å². The number of carboxylic acids is 1. The summed E-state index contributed by atoms with van der Waals surface area (Å²) in [6.07, 6.45) is 0. The molecular formula is C28H23N3O5S. The van der Waals surface area contributed by atoms with Crippen molar-refractivity contribution in [3.63, 3.8) is 0 Å². The van der Waals surface area contributed by atoms with Crippen LogP contribution in [0.1, 0.15) is 50.8 Å². The molecule has 1 aliphatic rings. The molecule has 4 atom stereocenters. The van der Waals surface area contributed by atoms with E-state index in [9.17, 15) is 30.0 Å². The van der Waals surface area contributed by atoms with Crippen molar-refractivity contribution in [2.45, 2.75) is 24.4 Å². The number of nitrogens with zero attached hydrogens (tertiary/aromatic N) is 3. The van der Waals surface area contributed by atoms with Crippen LogP contribution in [0, 0.1) is 28.6 Å². The Balaban J connectivity index is 2.03. The van der Waals surface area contributed by atoms with Crippen LogP contribution in [0.3, 0.4) is 0 Å². The van der Waals surface area contributed by atoms with E-state index in [4.69, 9.17) is 4.74 Å². The van der Waals surface area contributed by atoms with E-state index < -0.39 is 35.3 Å². The summed E-state index contributed by atoms with van der Waals surface area (Å²) >= 11 is 1.24. The zero-order chi connectivity index (χ0) is 26.7. The van der Waals surface area contributed by atoms with Crippen molar-refractivity contribution in [2.75, 3.05) is 13.7 Å². The van der Waals surface area contributed by atoms with E-state index in [1.54, 1.807) is 66.0 Å². The van der Waals surface area contributed by atoms with Gasteiger partial charge in [-0.1, -0.05) is 30.3 Å². The maximum absolute atomic E-state index is 14.1. The summed E-state index contributed by atoms with van der Waals surface area (Å²) in [7, 11) is 1.34. The highest BCUT2D eigenvalue weighted by Gasteiger charge is 2.64. The summed E-state index contributed by atoms with van der Waals surface area (Å²) in [6, 6.07) is 19.4. The number of carboxylic acid groups (broad SMARTS) is 1. The summed E-state index contributed by atoms with van der Waals surface area (Å²) in [4.78, 5) is 42.4. The van der Waals surface area contributed by atoms with Crippen LogP contribution in [0.15, 0.2) is 66.0 Å². The smallest absolute Gasteiger partial charge is 0.330 e. The van der Waals surface area contributed by atoms with Gasteiger partial charge in [0.05, 0.1) is 40.1 Å². The third-order valence-electron chi connectivity index (χ3n) is 6.90. The molecule has 8 nitrogen and oxygen atoms in total. The van der Waals surface area contributed by atoms with Crippen LogP contribution in [0.25, 0.3) is 0 Å². The summed E-state index contributed by atoms with van der Waals surface area (Å²) in [5.74, 6) is -4.07. The highest BCUT2D eigenvalue weighted by atomic mass is 32.1. The Kier molecular flexibility index (Phi) is 7.21. The number of methoxy groups -OCH3 is 1. The molecule has 0 radical (unpaired) electrons. The Labute approximate surface area is 217 Å². The number of ketones is 1. The second-order valence-corrected chi connectivity index (χ2v) is 9.85. The average Bonchev–Trinajstić information content (AvgIpc) is 3.54. The number of aliphatic carboxylic acids is 1. The van der Waals surface area contributed by atoms with Gasteiger partial charge in [-0.15, -0.1) is 11.3 Å². The Bertz CT molecular complexity index is 1400. The highest BCUT2D eigenvalue weighted by molar-refractivity contribution is 7.12. The molecule has 0 bridgehead atoms. The van der Waals surface area contributed by atoms with Crippen molar-refractivity contribution >= 4 is 29.0 Å². The minimum absolute atomic E-state index is 0.293. The first-order valence-electron chi connectivity index (χ1n) is 11.4. The van der Waals surface area contributed by atoms with E-state index in [1.165, 1.54) is 30.3 Å². The van der Waals surface area contributed by atoms with Crippen molar-refractivity contribution < 1.29 is 24.2 Å².